The molecule has 1 heterocycles. The number of aliphatic hydroxyl groups excluding tert-OH is 2. The van der Waals surface area contributed by atoms with Gasteiger partial charge in [-0.1, -0.05) is 26.3 Å². The zero-order chi connectivity index (χ0) is 13.1. The van der Waals surface area contributed by atoms with Crippen molar-refractivity contribution < 1.29 is 14.9 Å². The van der Waals surface area contributed by atoms with Gasteiger partial charge in [-0.3, -0.25) is 0 Å². The van der Waals surface area contributed by atoms with Gasteiger partial charge < -0.3 is 14.9 Å². The maximum atomic E-state index is 10.3. The lowest BCUT2D eigenvalue weighted by molar-refractivity contribution is -0.107. The van der Waals surface area contributed by atoms with Gasteiger partial charge in [-0.15, -0.1) is 0 Å². The van der Waals surface area contributed by atoms with Gasteiger partial charge in [0.2, 0.25) is 0 Å². The van der Waals surface area contributed by atoms with Crippen molar-refractivity contribution in [3.05, 3.63) is 11.1 Å². The Kier molecular flexibility index (Phi) is 2.85. The smallest absolute Gasteiger partial charge is 0.164 e. The summed E-state index contributed by atoms with van der Waals surface area (Å²) in [5.74, 6) is 0.895. The van der Waals surface area contributed by atoms with E-state index in [1.165, 1.54) is 17.6 Å². The largest absolute Gasteiger partial charge is 0.392 e. The highest BCUT2D eigenvalue weighted by Crippen LogP contribution is 2.54. The Bertz CT molecular complexity index is 385. The molecule has 1 saturated heterocycles. The van der Waals surface area contributed by atoms with E-state index < -0.39 is 12.4 Å². The van der Waals surface area contributed by atoms with Crippen molar-refractivity contribution in [1.29, 1.82) is 0 Å². The highest BCUT2D eigenvalue weighted by atomic mass is 16.6. The van der Waals surface area contributed by atoms with Crippen LogP contribution in [0.4, 0.5) is 0 Å². The number of hydrogen-bond acceptors (Lipinski definition) is 3. The van der Waals surface area contributed by atoms with Crippen LogP contribution in [-0.4, -0.2) is 29.2 Å². The Morgan fingerprint density at radius 3 is 2.67 bits per heavy atom. The Labute approximate surface area is 109 Å². The molecule has 0 spiro atoms. The van der Waals surface area contributed by atoms with Gasteiger partial charge in [-0.05, 0) is 42.1 Å². The summed E-state index contributed by atoms with van der Waals surface area (Å²) in [7, 11) is 0. The number of allylic oxidation sites excluding steroid dienone is 1. The summed E-state index contributed by atoms with van der Waals surface area (Å²) in [6.07, 6.45) is 1.81. The van der Waals surface area contributed by atoms with Crippen molar-refractivity contribution in [3.63, 3.8) is 0 Å². The second kappa shape index (κ2) is 4.06. The molecule has 2 N–H and O–H groups in total. The van der Waals surface area contributed by atoms with E-state index in [0.717, 1.165) is 12.8 Å². The summed E-state index contributed by atoms with van der Waals surface area (Å²) in [4.78, 5) is 0. The van der Waals surface area contributed by atoms with E-state index in [2.05, 4.69) is 20.8 Å². The molecule has 102 valence electrons. The molecule has 0 amide bonds. The first-order valence-electron chi connectivity index (χ1n) is 7.08. The number of fused-ring (bicyclic) bond motifs is 2. The number of aliphatic hydroxyl groups is 2. The molecule has 0 aromatic carbocycles. The second-order valence-electron chi connectivity index (χ2n) is 7.21. The Balaban J connectivity index is 2.04. The molecule has 1 aliphatic heterocycles. The average Bonchev–Trinajstić information content (AvgIpc) is 2.75. The van der Waals surface area contributed by atoms with Crippen LogP contribution in [0.2, 0.25) is 0 Å². The van der Waals surface area contributed by atoms with Gasteiger partial charge in [0.05, 0.1) is 18.6 Å². The molecule has 3 heteroatoms. The normalized spacial score (nSPS) is 46.8. The van der Waals surface area contributed by atoms with Crippen LogP contribution >= 0.6 is 0 Å². The summed E-state index contributed by atoms with van der Waals surface area (Å²) in [5.41, 5.74) is 3.03. The monoisotopic (exact) mass is 252 g/mol. The SMILES string of the molecule is CC1CC(O)C2C(=C3CC(C)(C)CC31)COC2O. The highest BCUT2D eigenvalue weighted by Gasteiger charge is 2.48. The lowest BCUT2D eigenvalue weighted by Crippen LogP contribution is -2.30. The third kappa shape index (κ3) is 1.84. The lowest BCUT2D eigenvalue weighted by Gasteiger charge is -2.24. The first-order chi connectivity index (χ1) is 8.39. The van der Waals surface area contributed by atoms with Crippen molar-refractivity contribution in [2.75, 3.05) is 6.61 Å². The maximum Gasteiger partial charge on any atom is 0.164 e. The van der Waals surface area contributed by atoms with Crippen LogP contribution < -0.4 is 0 Å². The molecule has 0 aromatic rings. The standard InChI is InChI=1S/C15H24O3/c1-8-4-12(16)13-11(7-18-14(13)17)10-6-15(2,3)5-9(8)10/h8-9,12-14,16-17H,4-7H2,1-3H3. The van der Waals surface area contributed by atoms with Crippen LogP contribution in [0.1, 0.15) is 40.0 Å². The van der Waals surface area contributed by atoms with Crippen molar-refractivity contribution in [2.24, 2.45) is 23.2 Å². The van der Waals surface area contributed by atoms with Gasteiger partial charge in [-0.25, -0.2) is 0 Å². The minimum absolute atomic E-state index is 0.179. The first kappa shape index (κ1) is 12.6. The highest BCUT2D eigenvalue weighted by molar-refractivity contribution is 5.30. The molecular formula is C15H24O3. The lowest BCUT2D eigenvalue weighted by atomic mass is 9.83. The molecule has 3 rings (SSSR count). The molecule has 1 saturated carbocycles. The van der Waals surface area contributed by atoms with Gasteiger partial charge in [-0.2, -0.15) is 0 Å². The zero-order valence-electron chi connectivity index (χ0n) is 11.5. The number of rotatable bonds is 0. The molecule has 2 fully saturated rings. The molecule has 5 unspecified atom stereocenters. The minimum atomic E-state index is -0.808. The first-order valence-corrected chi connectivity index (χ1v) is 7.08. The van der Waals surface area contributed by atoms with E-state index in [4.69, 9.17) is 4.74 Å². The summed E-state index contributed by atoms with van der Waals surface area (Å²) < 4.78 is 5.38. The summed E-state index contributed by atoms with van der Waals surface area (Å²) in [6, 6.07) is 0. The summed E-state index contributed by atoms with van der Waals surface area (Å²) in [5, 5.41) is 20.3. The Morgan fingerprint density at radius 2 is 1.94 bits per heavy atom. The van der Waals surface area contributed by atoms with Crippen LogP contribution in [0.3, 0.4) is 0 Å². The fourth-order valence-electron chi connectivity index (χ4n) is 4.30. The van der Waals surface area contributed by atoms with E-state index in [0.29, 0.717) is 23.9 Å². The van der Waals surface area contributed by atoms with E-state index >= 15 is 0 Å². The van der Waals surface area contributed by atoms with Gasteiger partial charge in [0.1, 0.15) is 0 Å². The summed E-state index contributed by atoms with van der Waals surface area (Å²) >= 11 is 0. The van der Waals surface area contributed by atoms with E-state index in [-0.39, 0.29) is 5.92 Å². The predicted molar refractivity (Wildman–Crippen MR) is 68.8 cm³/mol. The van der Waals surface area contributed by atoms with Crippen LogP contribution in [0.5, 0.6) is 0 Å². The molecule has 3 aliphatic rings. The van der Waals surface area contributed by atoms with E-state index in [9.17, 15) is 10.2 Å². The summed E-state index contributed by atoms with van der Waals surface area (Å²) in [6.45, 7) is 7.39. The molecule has 0 aromatic heterocycles. The third-order valence-corrected chi connectivity index (χ3v) is 5.14. The Morgan fingerprint density at radius 1 is 1.22 bits per heavy atom. The van der Waals surface area contributed by atoms with Crippen molar-refractivity contribution in [2.45, 2.75) is 52.4 Å². The van der Waals surface area contributed by atoms with Gasteiger partial charge in [0, 0.05) is 0 Å². The second-order valence-corrected chi connectivity index (χ2v) is 7.21. The topological polar surface area (TPSA) is 49.7 Å². The van der Waals surface area contributed by atoms with Crippen LogP contribution in [0.15, 0.2) is 11.1 Å². The number of hydrogen-bond donors (Lipinski definition) is 2. The van der Waals surface area contributed by atoms with Gasteiger partial charge >= 0.3 is 0 Å². The fourth-order valence-corrected chi connectivity index (χ4v) is 4.30. The quantitative estimate of drug-likeness (QED) is 0.649. The van der Waals surface area contributed by atoms with Crippen LogP contribution in [0.25, 0.3) is 0 Å². The van der Waals surface area contributed by atoms with Crippen LogP contribution in [-0.2, 0) is 4.74 Å². The molecular weight excluding hydrogens is 228 g/mol. The molecule has 5 atom stereocenters. The van der Waals surface area contributed by atoms with E-state index in [1.54, 1.807) is 0 Å². The number of ether oxygens (including phenoxy) is 1. The predicted octanol–water partition coefficient (Wildman–Crippen LogP) is 2.08. The van der Waals surface area contributed by atoms with Crippen molar-refractivity contribution in [3.8, 4) is 0 Å². The molecule has 3 nitrogen and oxygen atoms in total. The third-order valence-electron chi connectivity index (χ3n) is 5.14. The fraction of sp³-hybridized carbons (Fsp3) is 0.867. The van der Waals surface area contributed by atoms with Gasteiger partial charge in [0.15, 0.2) is 6.29 Å². The molecule has 18 heavy (non-hydrogen) atoms. The zero-order valence-corrected chi connectivity index (χ0v) is 11.5. The van der Waals surface area contributed by atoms with Crippen molar-refractivity contribution in [1.82, 2.24) is 0 Å². The molecule has 0 radical (unpaired) electrons. The minimum Gasteiger partial charge on any atom is -0.392 e. The average molecular weight is 252 g/mol. The van der Waals surface area contributed by atoms with Crippen LogP contribution in [0, 0.1) is 23.2 Å². The Hall–Kier alpha value is -0.380. The van der Waals surface area contributed by atoms with Gasteiger partial charge in [0.25, 0.3) is 0 Å². The van der Waals surface area contributed by atoms with Crippen molar-refractivity contribution >= 4 is 0 Å². The van der Waals surface area contributed by atoms with E-state index in [1.807, 2.05) is 0 Å². The molecule has 0 bridgehead atoms. The maximum absolute atomic E-state index is 10.3. The molecule has 2 aliphatic carbocycles.